The number of hydrogen-bond acceptors (Lipinski definition) is 5. The van der Waals surface area contributed by atoms with Gasteiger partial charge in [-0.05, 0) is 32.1 Å². The van der Waals surface area contributed by atoms with Crippen LogP contribution in [0.5, 0.6) is 0 Å². The molecule has 0 amide bonds. The lowest BCUT2D eigenvalue weighted by molar-refractivity contribution is -0.255. The molecule has 0 saturated heterocycles. The van der Waals surface area contributed by atoms with Gasteiger partial charge >= 0.3 is 12.1 Å². The van der Waals surface area contributed by atoms with Gasteiger partial charge in [0.1, 0.15) is 0 Å². The molecule has 1 aromatic rings. The molecule has 9 heteroatoms. The predicted octanol–water partition coefficient (Wildman–Crippen LogP) is 1.81. The second kappa shape index (κ2) is 6.82. The summed E-state index contributed by atoms with van der Waals surface area (Å²) < 4.78 is 45.4. The highest BCUT2D eigenvalue weighted by Gasteiger charge is 2.42. The summed E-state index contributed by atoms with van der Waals surface area (Å²) in [6, 6.07) is -0.629. The summed E-state index contributed by atoms with van der Waals surface area (Å²) in [6.07, 6.45) is -3.26. The topological polar surface area (TPSA) is 84.2 Å². The van der Waals surface area contributed by atoms with E-state index in [0.717, 1.165) is 0 Å². The average molecular weight is 347 g/mol. The molecule has 0 unspecified atom stereocenters. The minimum atomic E-state index is -4.85. The molecule has 1 fully saturated rings. The van der Waals surface area contributed by atoms with Crippen molar-refractivity contribution in [3.63, 3.8) is 0 Å². The summed E-state index contributed by atoms with van der Waals surface area (Å²) in [6.45, 7) is 3.71. The molecule has 3 atom stereocenters. The molecule has 0 aromatic carbocycles. The number of carbonyl (C=O) groups excluding carboxylic acids is 2. The molecule has 1 saturated carbocycles. The molecule has 1 aliphatic rings. The summed E-state index contributed by atoms with van der Waals surface area (Å²) in [4.78, 5) is 22.8. The van der Waals surface area contributed by atoms with E-state index in [1.54, 1.807) is 13.8 Å². The van der Waals surface area contributed by atoms with Gasteiger partial charge in [0.15, 0.2) is 5.69 Å². The minimum Gasteiger partial charge on any atom is -0.545 e. The summed E-state index contributed by atoms with van der Waals surface area (Å²) in [5.41, 5.74) is -2.28. The zero-order valence-electron chi connectivity index (χ0n) is 13.3. The van der Waals surface area contributed by atoms with Gasteiger partial charge in [-0.1, -0.05) is 6.92 Å². The summed E-state index contributed by atoms with van der Waals surface area (Å²) >= 11 is 0. The number of ether oxygens (including phenoxy) is 1. The molecular formula is C15H18F3N2O4-. The predicted molar refractivity (Wildman–Crippen MR) is 73.7 cm³/mol. The Morgan fingerprint density at radius 1 is 1.42 bits per heavy atom. The van der Waals surface area contributed by atoms with Crippen LogP contribution < -0.4 is 5.11 Å². The van der Waals surface area contributed by atoms with Crippen molar-refractivity contribution in [2.45, 2.75) is 45.3 Å². The Morgan fingerprint density at radius 3 is 2.58 bits per heavy atom. The van der Waals surface area contributed by atoms with Crippen LogP contribution in [0, 0.1) is 11.8 Å². The Bertz CT molecular complexity index is 627. The van der Waals surface area contributed by atoms with Gasteiger partial charge < -0.3 is 14.6 Å². The molecule has 1 aliphatic carbocycles. The van der Waals surface area contributed by atoms with E-state index in [1.165, 1.54) is 0 Å². The minimum absolute atomic E-state index is 0.195. The maximum Gasteiger partial charge on any atom is 0.433 e. The largest absolute Gasteiger partial charge is 0.545 e. The van der Waals surface area contributed by atoms with Crippen molar-refractivity contribution in [3.05, 3.63) is 17.5 Å². The molecule has 0 aliphatic heterocycles. The summed E-state index contributed by atoms with van der Waals surface area (Å²) in [5.74, 6) is -2.83. The number of carbonyl (C=O) groups is 2. The number of halogens is 3. The number of aromatic carboxylic acids is 1. The number of nitrogens with zero attached hydrogens (tertiary/aromatic N) is 2. The molecule has 2 rings (SSSR count). The van der Waals surface area contributed by atoms with Crippen LogP contribution in [0.1, 0.15) is 55.2 Å². The molecule has 0 spiro atoms. The monoisotopic (exact) mass is 347 g/mol. The van der Waals surface area contributed by atoms with Crippen LogP contribution >= 0.6 is 0 Å². The van der Waals surface area contributed by atoms with Crippen molar-refractivity contribution in [2.24, 2.45) is 11.8 Å². The second-order valence-electron chi connectivity index (χ2n) is 5.94. The van der Waals surface area contributed by atoms with Crippen LogP contribution in [-0.2, 0) is 15.7 Å². The van der Waals surface area contributed by atoms with E-state index in [2.05, 4.69) is 5.10 Å². The van der Waals surface area contributed by atoms with Crippen molar-refractivity contribution in [1.82, 2.24) is 9.78 Å². The molecule has 0 bridgehead atoms. The SMILES string of the molecule is CCOC(=O)[C@H]1CC[C@H](n2ncc(C(=O)[O-])c2C(F)(F)F)C[C@H]1C. The van der Waals surface area contributed by atoms with E-state index < -0.39 is 29.4 Å². The van der Waals surface area contributed by atoms with E-state index in [4.69, 9.17) is 4.74 Å². The zero-order chi connectivity index (χ0) is 18.1. The highest BCUT2D eigenvalue weighted by Crippen LogP contribution is 2.41. The number of rotatable bonds is 4. The van der Waals surface area contributed by atoms with Crippen LogP contribution in [0.15, 0.2) is 6.20 Å². The quantitative estimate of drug-likeness (QED) is 0.776. The second-order valence-corrected chi connectivity index (χ2v) is 5.94. The van der Waals surface area contributed by atoms with Gasteiger partial charge in [0.2, 0.25) is 0 Å². The molecule has 134 valence electrons. The first-order valence-electron chi connectivity index (χ1n) is 7.69. The zero-order valence-corrected chi connectivity index (χ0v) is 13.3. The molecule has 0 radical (unpaired) electrons. The third-order valence-corrected chi connectivity index (χ3v) is 4.36. The normalized spacial score (nSPS) is 24.6. The van der Waals surface area contributed by atoms with E-state index in [9.17, 15) is 27.9 Å². The number of esters is 1. The average Bonchev–Trinajstić information content (AvgIpc) is 2.92. The van der Waals surface area contributed by atoms with Crippen LogP contribution in [-0.4, -0.2) is 28.3 Å². The maximum atomic E-state index is 13.2. The highest BCUT2D eigenvalue weighted by molar-refractivity contribution is 5.87. The van der Waals surface area contributed by atoms with Crippen LogP contribution in [0.25, 0.3) is 0 Å². The van der Waals surface area contributed by atoms with Gasteiger partial charge in [0, 0.05) is 5.56 Å². The molecule has 1 heterocycles. The highest BCUT2D eigenvalue weighted by atomic mass is 19.4. The molecule has 0 N–H and O–H groups in total. The molecular weight excluding hydrogens is 329 g/mol. The van der Waals surface area contributed by atoms with Gasteiger partial charge in [-0.3, -0.25) is 9.48 Å². The number of carboxylic acid groups (broad SMARTS) is 1. The Hall–Kier alpha value is -2.06. The molecule has 24 heavy (non-hydrogen) atoms. The van der Waals surface area contributed by atoms with Crippen molar-refractivity contribution in [3.8, 4) is 0 Å². The van der Waals surface area contributed by atoms with Gasteiger partial charge in [0.05, 0.1) is 30.7 Å². The van der Waals surface area contributed by atoms with Crippen LogP contribution in [0.4, 0.5) is 13.2 Å². The van der Waals surface area contributed by atoms with Crippen molar-refractivity contribution in [2.75, 3.05) is 6.61 Å². The summed E-state index contributed by atoms with van der Waals surface area (Å²) in [5, 5.41) is 14.5. The Morgan fingerprint density at radius 2 is 2.08 bits per heavy atom. The first kappa shape index (κ1) is 18.3. The number of aromatic nitrogens is 2. The standard InChI is InChI=1S/C15H19F3N2O4/c1-3-24-14(23)10-5-4-9(6-8(10)2)20-12(15(16,17)18)11(7-19-20)13(21)22/h7-10H,3-6H2,1-2H3,(H,21,22)/p-1/t8-,9+,10+/m1/s1. The van der Waals surface area contributed by atoms with Gasteiger partial charge in [-0.15, -0.1) is 0 Å². The third kappa shape index (κ3) is 3.54. The van der Waals surface area contributed by atoms with E-state index >= 15 is 0 Å². The first-order chi connectivity index (χ1) is 11.2. The smallest absolute Gasteiger partial charge is 0.433 e. The van der Waals surface area contributed by atoms with Crippen molar-refractivity contribution >= 4 is 11.9 Å². The lowest BCUT2D eigenvalue weighted by Crippen LogP contribution is -2.34. The van der Waals surface area contributed by atoms with Crippen molar-refractivity contribution < 1.29 is 32.6 Å². The molecule has 6 nitrogen and oxygen atoms in total. The van der Waals surface area contributed by atoms with Gasteiger partial charge in [0.25, 0.3) is 0 Å². The van der Waals surface area contributed by atoms with E-state index in [0.29, 0.717) is 17.3 Å². The fourth-order valence-corrected chi connectivity index (χ4v) is 3.26. The lowest BCUT2D eigenvalue weighted by Gasteiger charge is -2.33. The fraction of sp³-hybridized carbons (Fsp3) is 0.667. The first-order valence-corrected chi connectivity index (χ1v) is 7.69. The van der Waals surface area contributed by atoms with E-state index in [-0.39, 0.29) is 37.3 Å². The summed E-state index contributed by atoms with van der Waals surface area (Å²) in [7, 11) is 0. The van der Waals surface area contributed by atoms with Crippen LogP contribution in [0.3, 0.4) is 0 Å². The number of alkyl halides is 3. The Kier molecular flexibility index (Phi) is 5.19. The maximum absolute atomic E-state index is 13.2. The number of hydrogen-bond donors (Lipinski definition) is 0. The van der Waals surface area contributed by atoms with Gasteiger partial charge in [-0.25, -0.2) is 0 Å². The lowest BCUT2D eigenvalue weighted by atomic mass is 9.78. The van der Waals surface area contributed by atoms with E-state index in [1.807, 2.05) is 0 Å². The van der Waals surface area contributed by atoms with Crippen molar-refractivity contribution in [1.29, 1.82) is 0 Å². The Labute approximate surface area is 136 Å². The third-order valence-electron chi connectivity index (χ3n) is 4.36. The number of carboxylic acids is 1. The van der Waals surface area contributed by atoms with Crippen LogP contribution in [0.2, 0.25) is 0 Å². The molecule has 1 aromatic heterocycles. The van der Waals surface area contributed by atoms with Gasteiger partial charge in [-0.2, -0.15) is 18.3 Å². The Balaban J connectivity index is 2.26. The fourth-order valence-electron chi connectivity index (χ4n) is 3.26.